The van der Waals surface area contributed by atoms with E-state index in [-0.39, 0.29) is 25.8 Å². The van der Waals surface area contributed by atoms with Crippen LogP contribution in [0.1, 0.15) is 150 Å². The third kappa shape index (κ3) is 13.8. The number of carbonyl (C=O) groups is 3. The molecule has 39 heavy (non-hydrogen) atoms. The Labute approximate surface area is 238 Å². The Bertz CT molecular complexity index is 632. The van der Waals surface area contributed by atoms with E-state index in [0.717, 1.165) is 12.8 Å². The number of hydrogen-bond donors (Lipinski definition) is 2. The van der Waals surface area contributed by atoms with Gasteiger partial charge >= 0.3 is 11.9 Å². The van der Waals surface area contributed by atoms with Gasteiger partial charge in [0.15, 0.2) is 12.1 Å². The Kier molecular flexibility index (Phi) is 21.8. The van der Waals surface area contributed by atoms with Gasteiger partial charge in [0, 0.05) is 25.7 Å². The zero-order chi connectivity index (χ0) is 29.5. The van der Waals surface area contributed by atoms with E-state index in [2.05, 4.69) is 19.1 Å². The van der Waals surface area contributed by atoms with Crippen molar-refractivity contribution in [1.82, 2.24) is 0 Å². The third-order valence-electron chi connectivity index (χ3n) is 8.08. The number of nitrogens with zero attached hydrogens (tertiary/aromatic N) is 1. The summed E-state index contributed by atoms with van der Waals surface area (Å²) in [5, 5.41) is 32.9. The molecule has 0 saturated carbocycles. The normalized spacial score (nSPS) is 15.6. The average Bonchev–Trinajstić information content (AvgIpc) is 2.89. The second-order valence-electron chi connectivity index (χ2n) is 11.2. The van der Waals surface area contributed by atoms with Gasteiger partial charge in [-0.2, -0.15) is 0 Å². The van der Waals surface area contributed by atoms with Crippen LogP contribution in [0.25, 0.3) is 0 Å². The molecule has 7 heteroatoms. The van der Waals surface area contributed by atoms with E-state index in [9.17, 15) is 29.7 Å². The first-order chi connectivity index (χ1) is 18.7. The lowest BCUT2D eigenvalue weighted by atomic mass is 9.91. The van der Waals surface area contributed by atoms with Crippen molar-refractivity contribution in [3.8, 4) is 0 Å². The predicted molar refractivity (Wildman–Crippen MR) is 156 cm³/mol. The molecule has 0 radical (unpaired) electrons. The molecule has 2 N–H and O–H groups in total. The SMILES string of the molecule is CCCCCCCCCCCC/C=C/CCC[N+](C(CCC)C(=O)[O-])(C(CCC)C(=O)O)C(CCC)C(=O)O. The van der Waals surface area contributed by atoms with Crippen LogP contribution in [-0.4, -0.2) is 57.3 Å². The zero-order valence-electron chi connectivity index (χ0n) is 25.5. The van der Waals surface area contributed by atoms with E-state index < -0.39 is 40.5 Å². The van der Waals surface area contributed by atoms with Gasteiger partial charge in [0.25, 0.3) is 0 Å². The van der Waals surface area contributed by atoms with Crippen LogP contribution >= 0.6 is 0 Å². The largest absolute Gasteiger partial charge is 0.544 e. The van der Waals surface area contributed by atoms with Crippen LogP contribution in [0.2, 0.25) is 0 Å². The van der Waals surface area contributed by atoms with Crippen molar-refractivity contribution in [1.29, 1.82) is 0 Å². The van der Waals surface area contributed by atoms with E-state index in [0.29, 0.717) is 32.1 Å². The molecule has 3 atom stereocenters. The third-order valence-corrected chi connectivity index (χ3v) is 8.08. The molecule has 0 saturated heterocycles. The summed E-state index contributed by atoms with van der Waals surface area (Å²) in [4.78, 5) is 37.5. The Hall–Kier alpha value is -1.89. The molecule has 0 heterocycles. The highest BCUT2D eigenvalue weighted by molar-refractivity contribution is 5.77. The van der Waals surface area contributed by atoms with Crippen molar-refractivity contribution in [2.75, 3.05) is 6.54 Å². The number of unbranched alkanes of at least 4 members (excludes halogenated alkanes) is 11. The lowest BCUT2D eigenvalue weighted by molar-refractivity contribution is -0.975. The maximum absolute atomic E-state index is 12.5. The summed E-state index contributed by atoms with van der Waals surface area (Å²) in [7, 11) is 0. The quantitative estimate of drug-likeness (QED) is 0.0651. The summed E-state index contributed by atoms with van der Waals surface area (Å²) < 4.78 is -0.463. The molecular formula is C32H59NO6. The highest BCUT2D eigenvalue weighted by Crippen LogP contribution is 2.34. The summed E-state index contributed by atoms with van der Waals surface area (Å²) >= 11 is 0. The second kappa shape index (κ2) is 22.9. The van der Waals surface area contributed by atoms with E-state index >= 15 is 0 Å². The van der Waals surface area contributed by atoms with Gasteiger partial charge in [0.1, 0.15) is 6.04 Å². The van der Waals surface area contributed by atoms with Gasteiger partial charge in [-0.3, -0.25) is 4.48 Å². The number of hydrogen-bond acceptors (Lipinski definition) is 4. The Balaban J connectivity index is 5.31. The summed E-state index contributed by atoms with van der Waals surface area (Å²) in [6.45, 7) is 7.97. The van der Waals surface area contributed by atoms with E-state index in [1.165, 1.54) is 57.8 Å². The molecule has 0 bridgehead atoms. The molecule has 0 spiro atoms. The zero-order valence-corrected chi connectivity index (χ0v) is 25.5. The fraction of sp³-hybridized carbons (Fsp3) is 0.844. The Morgan fingerprint density at radius 1 is 0.590 bits per heavy atom. The lowest BCUT2D eigenvalue weighted by Gasteiger charge is -2.52. The van der Waals surface area contributed by atoms with E-state index in [1.807, 2.05) is 20.8 Å². The van der Waals surface area contributed by atoms with Gasteiger partial charge in [-0.15, -0.1) is 0 Å². The topological polar surface area (TPSA) is 115 Å². The minimum absolute atomic E-state index is 0.190. The fourth-order valence-electron chi connectivity index (χ4n) is 6.10. The monoisotopic (exact) mass is 553 g/mol. The summed E-state index contributed by atoms with van der Waals surface area (Å²) in [5.41, 5.74) is 0. The van der Waals surface area contributed by atoms with Gasteiger partial charge in [-0.05, 0) is 32.1 Å². The molecular weight excluding hydrogens is 494 g/mol. The van der Waals surface area contributed by atoms with Crippen molar-refractivity contribution in [3.63, 3.8) is 0 Å². The van der Waals surface area contributed by atoms with Gasteiger partial charge < -0.3 is 20.1 Å². The second-order valence-corrected chi connectivity index (χ2v) is 11.2. The molecule has 0 aliphatic rings. The van der Waals surface area contributed by atoms with Crippen molar-refractivity contribution in [2.24, 2.45) is 0 Å². The van der Waals surface area contributed by atoms with Crippen LogP contribution in [-0.2, 0) is 14.4 Å². The van der Waals surface area contributed by atoms with Crippen LogP contribution in [0, 0.1) is 0 Å². The van der Waals surface area contributed by atoms with Gasteiger partial charge in [0.2, 0.25) is 0 Å². The number of carboxylic acids is 3. The summed E-state index contributed by atoms with van der Waals surface area (Å²) in [6.07, 6.45) is 21.6. The highest BCUT2D eigenvalue weighted by Gasteiger charge is 2.54. The van der Waals surface area contributed by atoms with Crippen LogP contribution in [0.15, 0.2) is 12.2 Å². The molecule has 3 unspecified atom stereocenters. The molecule has 0 aromatic rings. The van der Waals surface area contributed by atoms with E-state index in [1.54, 1.807) is 0 Å². The number of allylic oxidation sites excluding steroid dienone is 2. The molecule has 0 amide bonds. The highest BCUT2D eigenvalue weighted by atomic mass is 16.4. The Morgan fingerprint density at radius 3 is 1.36 bits per heavy atom. The van der Waals surface area contributed by atoms with Crippen molar-refractivity contribution in [3.05, 3.63) is 12.2 Å². The number of carbonyl (C=O) groups excluding carboxylic acids is 1. The van der Waals surface area contributed by atoms with Crippen LogP contribution in [0.4, 0.5) is 0 Å². The predicted octanol–water partition coefficient (Wildman–Crippen LogP) is 6.88. The van der Waals surface area contributed by atoms with Gasteiger partial charge in [-0.25, -0.2) is 9.59 Å². The maximum Gasteiger partial charge on any atom is 0.362 e. The van der Waals surface area contributed by atoms with Crippen LogP contribution < -0.4 is 5.11 Å². The minimum atomic E-state index is -1.35. The molecule has 0 aliphatic heterocycles. The van der Waals surface area contributed by atoms with Gasteiger partial charge in [0.05, 0.1) is 12.5 Å². The molecule has 0 fully saturated rings. The van der Waals surface area contributed by atoms with Crippen LogP contribution in [0.3, 0.4) is 0 Å². The first-order valence-corrected chi connectivity index (χ1v) is 15.9. The minimum Gasteiger partial charge on any atom is -0.544 e. The number of quaternary nitrogens is 1. The lowest BCUT2D eigenvalue weighted by Crippen LogP contribution is -2.74. The summed E-state index contributed by atoms with van der Waals surface area (Å²) in [5.74, 6) is -3.60. The van der Waals surface area contributed by atoms with Crippen molar-refractivity contribution < 1.29 is 34.2 Å². The summed E-state index contributed by atoms with van der Waals surface area (Å²) in [6, 6.07) is -3.38. The molecule has 0 aromatic carbocycles. The molecule has 0 aromatic heterocycles. The van der Waals surface area contributed by atoms with Crippen molar-refractivity contribution >= 4 is 17.9 Å². The Morgan fingerprint density at radius 2 is 0.974 bits per heavy atom. The standard InChI is InChI=1S/C32H59NO6/c1-5-9-10-11-12-13-14-15-16-17-18-19-20-21-22-26-33(27(23-6-2)30(34)35,28(24-7-3)31(36)37)29(25-8-4)32(38)39/h19-20,27-29H,5-18,21-26H2,1-4H3,(H2-,34,35,36,37,38,39)/b20-19+. The maximum atomic E-state index is 12.5. The number of carboxylic acid groups (broad SMARTS) is 3. The molecule has 0 aliphatic carbocycles. The van der Waals surface area contributed by atoms with Crippen molar-refractivity contribution in [2.45, 2.75) is 168 Å². The molecule has 7 nitrogen and oxygen atoms in total. The fourth-order valence-corrected chi connectivity index (χ4v) is 6.10. The average molecular weight is 554 g/mol. The number of rotatable bonds is 27. The first-order valence-electron chi connectivity index (χ1n) is 15.9. The van der Waals surface area contributed by atoms with Gasteiger partial charge in [-0.1, -0.05) is 104 Å². The smallest absolute Gasteiger partial charge is 0.362 e. The van der Waals surface area contributed by atoms with E-state index in [4.69, 9.17) is 0 Å². The molecule has 228 valence electrons. The molecule has 0 rings (SSSR count). The first kappa shape index (κ1) is 37.1. The van der Waals surface area contributed by atoms with Crippen LogP contribution in [0.5, 0.6) is 0 Å². The number of aliphatic carboxylic acids is 3.